The number of aromatic nitrogens is 3. The van der Waals surface area contributed by atoms with E-state index in [9.17, 15) is 0 Å². The number of benzene rings is 1. The molecule has 0 spiro atoms. The van der Waals surface area contributed by atoms with Crippen molar-refractivity contribution in [2.75, 3.05) is 0 Å². The molecule has 0 unspecified atom stereocenters. The molecule has 3 nitrogen and oxygen atoms in total. The number of pyridine rings is 3. The van der Waals surface area contributed by atoms with Gasteiger partial charge in [-0.15, -0.1) is 0 Å². The van der Waals surface area contributed by atoms with Crippen LogP contribution in [0, 0.1) is 41.5 Å². The first-order valence-electron chi connectivity index (χ1n) is 8.33. The van der Waals surface area contributed by atoms with Crippen molar-refractivity contribution >= 4 is 32.7 Å². The molecule has 0 aliphatic rings. The van der Waals surface area contributed by atoms with Crippen molar-refractivity contribution in [1.82, 2.24) is 15.0 Å². The molecule has 0 N–H and O–H groups in total. The maximum Gasteiger partial charge on any atom is 0.0827 e. The van der Waals surface area contributed by atoms with Crippen LogP contribution in [0.25, 0.3) is 32.7 Å². The summed E-state index contributed by atoms with van der Waals surface area (Å²) in [6.07, 6.45) is 1.86. The Balaban J connectivity index is 2.48. The molecular weight excluding hydrogens is 294 g/mol. The van der Waals surface area contributed by atoms with E-state index in [-0.39, 0.29) is 0 Å². The van der Waals surface area contributed by atoms with Crippen molar-refractivity contribution < 1.29 is 0 Å². The molecule has 0 atom stereocenters. The van der Waals surface area contributed by atoms with Crippen LogP contribution in [0.4, 0.5) is 0 Å². The topological polar surface area (TPSA) is 38.7 Å². The lowest BCUT2D eigenvalue weighted by Crippen LogP contribution is -2.01. The average molecular weight is 315 g/mol. The lowest BCUT2D eigenvalue weighted by molar-refractivity contribution is 1.15. The highest BCUT2D eigenvalue weighted by Gasteiger charge is 2.18. The van der Waals surface area contributed by atoms with Gasteiger partial charge in [0.25, 0.3) is 0 Å². The fourth-order valence-corrected chi connectivity index (χ4v) is 3.64. The van der Waals surface area contributed by atoms with Gasteiger partial charge in [0.15, 0.2) is 0 Å². The molecule has 0 saturated carbocycles. The SMILES string of the molecule is Cc1nc2c(c(C)c1C)c1ncccc1c1nc(C)c(C)c(C)c12. The summed E-state index contributed by atoms with van der Waals surface area (Å²) in [6.45, 7) is 12.8. The Morgan fingerprint density at radius 1 is 0.625 bits per heavy atom. The minimum atomic E-state index is 1.00. The van der Waals surface area contributed by atoms with Crippen LogP contribution in [0.1, 0.15) is 33.6 Å². The van der Waals surface area contributed by atoms with Crippen molar-refractivity contribution in [2.45, 2.75) is 41.5 Å². The van der Waals surface area contributed by atoms with E-state index in [0.717, 1.165) is 38.7 Å². The molecule has 1 aromatic carbocycles. The summed E-state index contributed by atoms with van der Waals surface area (Å²) in [4.78, 5) is 14.6. The van der Waals surface area contributed by atoms with Crippen molar-refractivity contribution in [1.29, 1.82) is 0 Å². The summed E-state index contributed by atoms with van der Waals surface area (Å²) < 4.78 is 0. The molecule has 0 aliphatic heterocycles. The normalized spacial score (nSPS) is 11.8. The van der Waals surface area contributed by atoms with Crippen LogP contribution in [0.3, 0.4) is 0 Å². The van der Waals surface area contributed by atoms with E-state index in [1.807, 2.05) is 12.3 Å². The lowest BCUT2D eigenvalue weighted by Gasteiger charge is -2.17. The summed E-state index contributed by atoms with van der Waals surface area (Å²) in [5, 5.41) is 3.44. The van der Waals surface area contributed by atoms with E-state index in [2.05, 4.69) is 47.6 Å². The third-order valence-corrected chi connectivity index (χ3v) is 5.53. The van der Waals surface area contributed by atoms with E-state index >= 15 is 0 Å². The first kappa shape index (κ1) is 15.0. The molecule has 120 valence electrons. The third-order valence-electron chi connectivity index (χ3n) is 5.53. The number of fused-ring (bicyclic) bond motifs is 6. The Morgan fingerprint density at radius 3 is 1.79 bits per heavy atom. The quantitative estimate of drug-likeness (QED) is 0.420. The Bertz CT molecular complexity index is 1160. The molecule has 4 aromatic rings. The second-order valence-corrected chi connectivity index (χ2v) is 6.74. The predicted molar refractivity (Wildman–Crippen MR) is 101 cm³/mol. The molecule has 24 heavy (non-hydrogen) atoms. The molecule has 0 fully saturated rings. The van der Waals surface area contributed by atoms with Gasteiger partial charge < -0.3 is 0 Å². The molecule has 0 radical (unpaired) electrons. The van der Waals surface area contributed by atoms with Crippen LogP contribution in [-0.2, 0) is 0 Å². The van der Waals surface area contributed by atoms with Gasteiger partial charge in [-0.1, -0.05) is 0 Å². The Labute approximate surface area is 141 Å². The maximum atomic E-state index is 4.97. The number of hydrogen-bond donors (Lipinski definition) is 0. The van der Waals surface area contributed by atoms with Crippen molar-refractivity contribution in [2.24, 2.45) is 0 Å². The van der Waals surface area contributed by atoms with Gasteiger partial charge in [-0.05, 0) is 75.9 Å². The zero-order chi connectivity index (χ0) is 17.2. The Morgan fingerprint density at radius 2 is 1.17 bits per heavy atom. The number of hydrogen-bond acceptors (Lipinski definition) is 3. The van der Waals surface area contributed by atoms with Crippen LogP contribution in [0.5, 0.6) is 0 Å². The molecule has 0 bridgehead atoms. The second kappa shape index (κ2) is 4.97. The van der Waals surface area contributed by atoms with Gasteiger partial charge in [-0.2, -0.15) is 0 Å². The van der Waals surface area contributed by atoms with Crippen molar-refractivity contribution in [3.05, 3.63) is 52.0 Å². The van der Waals surface area contributed by atoms with Gasteiger partial charge in [-0.25, -0.2) is 0 Å². The van der Waals surface area contributed by atoms with Gasteiger partial charge in [0.1, 0.15) is 0 Å². The summed E-state index contributed by atoms with van der Waals surface area (Å²) in [6, 6.07) is 4.11. The molecule has 0 amide bonds. The molecule has 4 rings (SSSR count). The summed E-state index contributed by atoms with van der Waals surface area (Å²) >= 11 is 0. The van der Waals surface area contributed by atoms with Crippen LogP contribution in [-0.4, -0.2) is 15.0 Å². The fourth-order valence-electron chi connectivity index (χ4n) is 3.64. The number of aryl methyl sites for hydroxylation is 4. The first-order chi connectivity index (χ1) is 11.4. The van der Waals surface area contributed by atoms with Gasteiger partial charge in [0.2, 0.25) is 0 Å². The van der Waals surface area contributed by atoms with Gasteiger partial charge in [-0.3, -0.25) is 15.0 Å². The molecular formula is C21H21N3. The fraction of sp³-hybridized carbons (Fsp3) is 0.286. The third kappa shape index (κ3) is 1.81. The second-order valence-electron chi connectivity index (χ2n) is 6.74. The van der Waals surface area contributed by atoms with Crippen LogP contribution >= 0.6 is 0 Å². The zero-order valence-electron chi connectivity index (χ0n) is 15.1. The number of rotatable bonds is 0. The lowest BCUT2D eigenvalue weighted by atomic mass is 9.94. The first-order valence-corrected chi connectivity index (χ1v) is 8.33. The minimum Gasteiger partial charge on any atom is -0.255 e. The molecule has 3 heterocycles. The summed E-state index contributed by atoms with van der Waals surface area (Å²) in [7, 11) is 0. The number of nitrogens with zero attached hydrogens (tertiary/aromatic N) is 3. The van der Waals surface area contributed by atoms with E-state index in [4.69, 9.17) is 15.0 Å². The van der Waals surface area contributed by atoms with Crippen molar-refractivity contribution in [3.8, 4) is 0 Å². The van der Waals surface area contributed by atoms with Gasteiger partial charge >= 0.3 is 0 Å². The van der Waals surface area contributed by atoms with E-state index in [1.165, 1.54) is 27.6 Å². The summed E-state index contributed by atoms with van der Waals surface area (Å²) in [5.74, 6) is 0. The molecule has 3 aromatic heterocycles. The Kier molecular flexibility index (Phi) is 3.11. The largest absolute Gasteiger partial charge is 0.255 e. The van der Waals surface area contributed by atoms with E-state index < -0.39 is 0 Å². The highest BCUT2D eigenvalue weighted by Crippen LogP contribution is 2.37. The molecule has 0 aliphatic carbocycles. The molecule has 3 heteroatoms. The highest BCUT2D eigenvalue weighted by atomic mass is 14.8. The minimum absolute atomic E-state index is 1.00. The van der Waals surface area contributed by atoms with Gasteiger partial charge in [0, 0.05) is 33.7 Å². The summed E-state index contributed by atoms with van der Waals surface area (Å²) in [5.41, 5.74) is 10.2. The monoisotopic (exact) mass is 315 g/mol. The van der Waals surface area contributed by atoms with Crippen molar-refractivity contribution in [3.63, 3.8) is 0 Å². The van der Waals surface area contributed by atoms with Crippen LogP contribution < -0.4 is 0 Å². The van der Waals surface area contributed by atoms with Gasteiger partial charge in [0.05, 0.1) is 16.6 Å². The zero-order valence-corrected chi connectivity index (χ0v) is 15.1. The molecule has 0 saturated heterocycles. The highest BCUT2D eigenvalue weighted by molar-refractivity contribution is 6.23. The maximum absolute atomic E-state index is 4.97. The average Bonchev–Trinajstić information content (AvgIpc) is 2.57. The smallest absolute Gasteiger partial charge is 0.0827 e. The standard InChI is InChI=1S/C21H21N3/c1-10-12(3)17-19-16(8-7-9-22-19)20-18(21(17)24-15(10)6)13(4)11(2)14(5)23-20/h7-9H,1-6H3. The Hall–Kier alpha value is -2.55. The van der Waals surface area contributed by atoms with Crippen LogP contribution in [0.2, 0.25) is 0 Å². The van der Waals surface area contributed by atoms with Crippen LogP contribution in [0.15, 0.2) is 18.3 Å². The predicted octanol–water partition coefficient (Wildman–Crippen LogP) is 5.18. The van der Waals surface area contributed by atoms with E-state index in [1.54, 1.807) is 0 Å². The van der Waals surface area contributed by atoms with E-state index in [0.29, 0.717) is 0 Å².